The van der Waals surface area contributed by atoms with E-state index in [0.717, 1.165) is 16.0 Å². The highest BCUT2D eigenvalue weighted by molar-refractivity contribution is 7.19. The number of pyridine rings is 1. The second-order valence-corrected chi connectivity index (χ2v) is 7.01. The Bertz CT molecular complexity index is 1030. The van der Waals surface area contributed by atoms with Gasteiger partial charge >= 0.3 is 0 Å². The molecule has 2 heterocycles. The summed E-state index contributed by atoms with van der Waals surface area (Å²) in [6, 6.07) is 17.5. The molecule has 4 nitrogen and oxygen atoms in total. The topological polar surface area (TPSA) is 86.5 Å². The van der Waals surface area contributed by atoms with Crippen LogP contribution in [0.5, 0.6) is 0 Å². The molecule has 0 fully saturated rings. The maximum absolute atomic E-state index is 8.23. The molecule has 0 aliphatic heterocycles. The molecule has 0 bridgehead atoms. The third-order valence-corrected chi connectivity index (χ3v) is 4.91. The van der Waals surface area contributed by atoms with E-state index < -0.39 is 0 Å². The smallest absolute Gasteiger partial charge is 0.140 e. The largest absolute Gasteiger partial charge is 0.398 e. The molecule has 0 unspecified atom stereocenters. The molecule has 3 rings (SSSR count). The van der Waals surface area contributed by atoms with Gasteiger partial charge in [0.1, 0.15) is 11.8 Å². The average molecular weight is 387 g/mol. The highest BCUT2D eigenvalue weighted by atomic mass is 32.1. The summed E-state index contributed by atoms with van der Waals surface area (Å²) in [7, 11) is 0. The lowest BCUT2D eigenvalue weighted by atomic mass is 10.1. The molecule has 0 amide bonds. The number of nitrogens with one attached hydrogen (secondary N) is 1. The number of allylic oxidation sites excluding steroid dienone is 4. The fourth-order valence-corrected chi connectivity index (χ4v) is 3.29. The van der Waals surface area contributed by atoms with Crippen LogP contribution in [0.25, 0.3) is 16.2 Å². The number of aromatic nitrogens is 1. The minimum atomic E-state index is 0.465. The number of fused-ring (bicyclic) bond motifs is 1. The highest BCUT2D eigenvalue weighted by Gasteiger charge is 2.02. The Morgan fingerprint density at radius 3 is 2.54 bits per heavy atom. The van der Waals surface area contributed by atoms with Gasteiger partial charge in [0.25, 0.3) is 0 Å². The molecule has 140 valence electrons. The molecule has 0 aliphatic rings. The number of hydrogen-bond acceptors (Lipinski definition) is 5. The van der Waals surface area contributed by atoms with Crippen LogP contribution in [-0.4, -0.2) is 11.2 Å². The fraction of sp³-hybridized carbons (Fsp3) is 0.0870. The predicted molar refractivity (Wildman–Crippen MR) is 119 cm³/mol. The van der Waals surface area contributed by atoms with Gasteiger partial charge in [0.2, 0.25) is 0 Å². The van der Waals surface area contributed by atoms with Crippen molar-refractivity contribution in [3.05, 3.63) is 94.3 Å². The van der Waals surface area contributed by atoms with Crippen LogP contribution in [0.4, 0.5) is 0 Å². The van der Waals surface area contributed by atoms with Crippen molar-refractivity contribution in [3.63, 3.8) is 0 Å². The number of nitrogens with zero attached hydrogens (tertiary/aromatic N) is 2. The average Bonchev–Trinajstić information content (AvgIpc) is 3.14. The molecule has 5 heteroatoms. The normalized spacial score (nSPS) is 12.1. The lowest BCUT2D eigenvalue weighted by Crippen LogP contribution is -2.01. The first-order valence-corrected chi connectivity index (χ1v) is 9.51. The van der Waals surface area contributed by atoms with E-state index in [2.05, 4.69) is 23.2 Å². The first-order valence-electron chi connectivity index (χ1n) is 8.69. The van der Waals surface area contributed by atoms with Gasteiger partial charge in [-0.15, -0.1) is 11.3 Å². The molecule has 0 aliphatic carbocycles. The van der Waals surface area contributed by atoms with Gasteiger partial charge in [0, 0.05) is 33.3 Å². The summed E-state index contributed by atoms with van der Waals surface area (Å²) >= 11 is 1.70. The van der Waals surface area contributed by atoms with Gasteiger partial charge in [-0.1, -0.05) is 35.9 Å². The Morgan fingerprint density at radius 2 is 1.96 bits per heavy atom. The highest BCUT2D eigenvalue weighted by Crippen LogP contribution is 2.27. The van der Waals surface area contributed by atoms with Crippen molar-refractivity contribution < 1.29 is 0 Å². The zero-order valence-electron chi connectivity index (χ0n) is 15.9. The Hall–Kier alpha value is -3.49. The number of rotatable bonds is 4. The summed E-state index contributed by atoms with van der Waals surface area (Å²) in [5.74, 6) is 0. The minimum absolute atomic E-state index is 0.465. The second kappa shape index (κ2) is 10.6. The molecule has 1 aromatic carbocycles. The van der Waals surface area contributed by atoms with Crippen LogP contribution in [0.3, 0.4) is 0 Å². The van der Waals surface area contributed by atoms with Crippen molar-refractivity contribution >= 4 is 33.7 Å². The third-order valence-electron chi connectivity index (χ3n) is 3.85. The zero-order chi connectivity index (χ0) is 20.4. The Labute approximate surface area is 169 Å². The van der Waals surface area contributed by atoms with E-state index >= 15 is 0 Å². The Balaban J connectivity index is 0.000000292. The number of nitrogens with two attached hydrogens (primary N) is 1. The lowest BCUT2D eigenvalue weighted by Gasteiger charge is -2.01. The van der Waals surface area contributed by atoms with Crippen molar-refractivity contribution in [2.75, 3.05) is 0 Å². The summed E-state index contributed by atoms with van der Waals surface area (Å²) in [6.07, 6.45) is 8.75. The summed E-state index contributed by atoms with van der Waals surface area (Å²) in [5, 5.41) is 16.9. The van der Waals surface area contributed by atoms with Crippen molar-refractivity contribution in [3.8, 4) is 6.07 Å². The predicted octanol–water partition coefficient (Wildman–Crippen LogP) is 5.70. The summed E-state index contributed by atoms with van der Waals surface area (Å²) in [6.45, 7) is 3.97. The summed E-state index contributed by atoms with van der Waals surface area (Å²) in [4.78, 5) is 4.84. The quantitative estimate of drug-likeness (QED) is 0.445. The molecule has 0 saturated heterocycles. The van der Waals surface area contributed by atoms with Gasteiger partial charge in [0.05, 0.1) is 0 Å². The van der Waals surface area contributed by atoms with E-state index in [4.69, 9.17) is 16.4 Å². The molecule has 0 saturated carbocycles. The molecule has 28 heavy (non-hydrogen) atoms. The van der Waals surface area contributed by atoms with Crippen LogP contribution in [0.2, 0.25) is 0 Å². The molecule has 0 radical (unpaired) electrons. The Morgan fingerprint density at radius 1 is 1.21 bits per heavy atom. The second-order valence-electron chi connectivity index (χ2n) is 5.89. The first kappa shape index (κ1) is 20.8. The maximum Gasteiger partial charge on any atom is 0.140 e. The number of benzene rings is 1. The summed E-state index contributed by atoms with van der Waals surface area (Å²) in [5.41, 5.74) is 9.02. The number of hydrogen-bond donors (Lipinski definition) is 2. The van der Waals surface area contributed by atoms with Crippen molar-refractivity contribution in [1.29, 1.82) is 10.7 Å². The van der Waals surface area contributed by atoms with E-state index in [0.29, 0.717) is 11.4 Å². The van der Waals surface area contributed by atoms with E-state index in [1.807, 2.05) is 50.3 Å². The Kier molecular flexibility index (Phi) is 7.89. The van der Waals surface area contributed by atoms with Crippen molar-refractivity contribution in [1.82, 2.24) is 4.98 Å². The van der Waals surface area contributed by atoms with Gasteiger partial charge in [-0.2, -0.15) is 5.26 Å². The van der Waals surface area contributed by atoms with Gasteiger partial charge in [-0.25, -0.2) is 4.98 Å². The number of thiophene rings is 1. The van der Waals surface area contributed by atoms with Gasteiger partial charge in [0.15, 0.2) is 0 Å². The van der Waals surface area contributed by atoms with Crippen LogP contribution in [0.15, 0.2) is 83.7 Å². The first-order chi connectivity index (χ1) is 13.6. The van der Waals surface area contributed by atoms with Gasteiger partial charge in [-0.05, 0) is 55.7 Å². The zero-order valence-corrected chi connectivity index (χ0v) is 16.7. The maximum atomic E-state index is 8.23. The SMILES string of the molecule is C\C=C(C)/C=C(C=N)\C(N)=C\c1cc2ccccc2s1.N#Cc1ccccn1. The van der Waals surface area contributed by atoms with E-state index in [1.54, 1.807) is 35.7 Å². The third kappa shape index (κ3) is 6.04. The summed E-state index contributed by atoms with van der Waals surface area (Å²) < 4.78 is 1.25. The van der Waals surface area contributed by atoms with Crippen LogP contribution < -0.4 is 5.73 Å². The molecule has 3 aromatic rings. The van der Waals surface area contributed by atoms with Gasteiger partial charge in [-0.3, -0.25) is 0 Å². The molecule has 0 spiro atoms. The van der Waals surface area contributed by atoms with E-state index in [1.165, 1.54) is 16.3 Å². The van der Waals surface area contributed by atoms with Gasteiger partial charge < -0.3 is 11.1 Å². The molecule has 0 atom stereocenters. The fourth-order valence-electron chi connectivity index (χ4n) is 2.28. The number of nitriles is 1. The van der Waals surface area contributed by atoms with E-state index in [-0.39, 0.29) is 0 Å². The molecule has 3 N–H and O–H groups in total. The standard InChI is InChI=1S/C17H18N2S.C6H4N2/c1-3-12(2)8-14(11-18)16(19)10-15-9-13-6-4-5-7-17(13)20-15;7-5-6-3-1-2-4-8-6/h3-11,18H,19H2,1-2H3;1-4H/b12-3-,14-8-,16-10-,18-11?;. The monoisotopic (exact) mass is 386 g/mol. The van der Waals surface area contributed by atoms with Crippen LogP contribution in [-0.2, 0) is 0 Å². The molecular weight excluding hydrogens is 364 g/mol. The van der Waals surface area contributed by atoms with Crippen molar-refractivity contribution in [2.24, 2.45) is 5.73 Å². The minimum Gasteiger partial charge on any atom is -0.398 e. The lowest BCUT2D eigenvalue weighted by molar-refractivity contribution is 1.26. The molecule has 2 aromatic heterocycles. The van der Waals surface area contributed by atoms with Crippen LogP contribution in [0.1, 0.15) is 24.4 Å². The molecular formula is C23H22N4S. The van der Waals surface area contributed by atoms with Crippen LogP contribution >= 0.6 is 11.3 Å². The van der Waals surface area contributed by atoms with Crippen LogP contribution in [0, 0.1) is 16.7 Å². The van der Waals surface area contributed by atoms with Crippen molar-refractivity contribution in [2.45, 2.75) is 13.8 Å². The van der Waals surface area contributed by atoms with E-state index in [9.17, 15) is 0 Å².